The smallest absolute Gasteiger partial charge is 0.416 e. The molecular formula is C65H83ClF6N4O10. The van der Waals surface area contributed by atoms with E-state index in [2.05, 4.69) is 5.32 Å². The number of esters is 1. The Morgan fingerprint density at radius 2 is 1.03 bits per heavy atom. The number of nitrogens with one attached hydrogen (secondary N) is 1. The highest BCUT2D eigenvalue weighted by molar-refractivity contribution is 6.02. The summed E-state index contributed by atoms with van der Waals surface area (Å²) in [4.78, 5) is 68.2. The van der Waals surface area contributed by atoms with Crippen molar-refractivity contribution in [3.05, 3.63) is 116 Å². The van der Waals surface area contributed by atoms with Gasteiger partial charge in [0.1, 0.15) is 42.0 Å². The number of likely N-dealkylation sites (N-methyl/N-ethyl adjacent to an activating group) is 2. The lowest BCUT2D eigenvalue weighted by molar-refractivity contribution is -0.157. The largest absolute Gasteiger partial charge is 0.489 e. The van der Waals surface area contributed by atoms with Crippen LogP contribution in [0.3, 0.4) is 0 Å². The Hall–Kier alpha value is -6.54. The zero-order valence-electron chi connectivity index (χ0n) is 50.9. The first-order chi connectivity index (χ1) is 39.8. The van der Waals surface area contributed by atoms with Gasteiger partial charge >= 0.3 is 30.4 Å². The summed E-state index contributed by atoms with van der Waals surface area (Å²) in [5, 5.41) is 11.9. The third-order valence-electron chi connectivity index (χ3n) is 16.3. The molecule has 0 aromatic heterocycles. The van der Waals surface area contributed by atoms with Gasteiger partial charge in [-0.25, -0.2) is 4.79 Å². The van der Waals surface area contributed by atoms with Crippen LogP contribution < -0.4 is 24.6 Å². The van der Waals surface area contributed by atoms with Crippen molar-refractivity contribution < 1.29 is 74.4 Å². The Bertz CT molecular complexity index is 3070. The van der Waals surface area contributed by atoms with Crippen molar-refractivity contribution in [2.45, 2.75) is 206 Å². The van der Waals surface area contributed by atoms with Gasteiger partial charge in [-0.15, -0.1) is 12.4 Å². The molecule has 2 saturated carbocycles. The van der Waals surface area contributed by atoms with E-state index < -0.39 is 70.7 Å². The molecule has 2 fully saturated rings. The van der Waals surface area contributed by atoms with Crippen molar-refractivity contribution in [1.29, 1.82) is 0 Å². The van der Waals surface area contributed by atoms with Crippen molar-refractivity contribution in [2.24, 2.45) is 0 Å². The maximum Gasteiger partial charge on any atom is 0.416 e. The van der Waals surface area contributed by atoms with Crippen LogP contribution in [0.25, 0.3) is 0 Å². The van der Waals surface area contributed by atoms with Crippen LogP contribution in [0.15, 0.2) is 60.7 Å². The average Bonchev–Trinajstić information content (AvgIpc) is 1.80. The fourth-order valence-corrected chi connectivity index (χ4v) is 12.0. The van der Waals surface area contributed by atoms with Gasteiger partial charge in [0.05, 0.1) is 30.0 Å². The number of anilines is 2. The second kappa shape index (κ2) is 28.5. The Labute approximate surface area is 507 Å². The third-order valence-corrected chi connectivity index (χ3v) is 16.3. The Balaban J connectivity index is 0.000000281. The Kier molecular flexibility index (Phi) is 22.7. The molecule has 4 aliphatic rings. The van der Waals surface area contributed by atoms with Gasteiger partial charge in [0, 0.05) is 31.5 Å². The molecule has 472 valence electrons. The number of rotatable bonds is 16. The van der Waals surface area contributed by atoms with E-state index >= 15 is 0 Å². The van der Waals surface area contributed by atoms with Crippen molar-refractivity contribution in [3.63, 3.8) is 0 Å². The lowest BCUT2D eigenvalue weighted by Crippen LogP contribution is -2.51. The summed E-state index contributed by atoms with van der Waals surface area (Å²) >= 11 is 0. The van der Waals surface area contributed by atoms with E-state index in [9.17, 15) is 50.3 Å². The molecule has 14 nitrogen and oxygen atoms in total. The number of benzene rings is 4. The molecule has 86 heavy (non-hydrogen) atoms. The van der Waals surface area contributed by atoms with Crippen LogP contribution in [0, 0.1) is 13.8 Å². The number of carbonyl (C=O) groups is 5. The molecular weight excluding hydrogens is 1150 g/mol. The highest BCUT2D eigenvalue weighted by atomic mass is 35.5. The third kappa shape index (κ3) is 17.4. The Morgan fingerprint density at radius 3 is 1.42 bits per heavy atom. The first kappa shape index (κ1) is 68.6. The minimum absolute atomic E-state index is 0. The van der Waals surface area contributed by atoms with Gasteiger partial charge in [0.15, 0.2) is 0 Å². The molecule has 0 bridgehead atoms. The number of aliphatic carboxylic acids is 1. The average molecular weight is 1230 g/mol. The summed E-state index contributed by atoms with van der Waals surface area (Å²) in [6, 6.07) is 14.0. The molecule has 2 heterocycles. The fourth-order valence-electron chi connectivity index (χ4n) is 12.0. The standard InChI is InChI=1S/C37H49F3N2O6.C28H33F3N2O4.ClH/c1-23-26-18-19-42(33(44)30(21-32(43)47-35(2,3)4)41(8)34(45)48-36(5,6)7)29(26)16-17-31(23)46-22-24-14-15-27(25-12-10-9-11-13-25)28(20-24)37(38,39)40;1-17-20-12-13-33(27(36)23(32-2)15-26(34)35)24(20)10-11-25(17)37-16-18-8-9-21(19-6-4-3-5-7-19)22(14-18)28(29,30)31;/h14-17,20,25,30H,9-13,18-19,21-22H2,1-8H3;8-11,14,19,23,32H,3-7,12-13,15-16H2,1-2H3,(H,34,35);1H/t30-;23-;/m00./s1. The predicted octanol–water partition coefficient (Wildman–Crippen LogP) is 14.5. The van der Waals surface area contributed by atoms with E-state index in [-0.39, 0.29) is 56.2 Å². The minimum atomic E-state index is -4.46. The number of fused-ring (bicyclic) bond motifs is 2. The number of hydrogen-bond acceptors (Lipinski definition) is 10. The SMILES string of the molecule is CN[C@@H](CC(=O)O)C(=O)N1CCc2c1ccc(OCc1ccc(C3CCCCC3)c(C(F)(F)F)c1)c2C.Cc1c(OCc2ccc(C3CCCCC3)c(C(F)(F)F)c2)ccc2c1CCN2C(=O)[C@H](CC(=O)OC(C)(C)C)N(C)C(=O)OC(C)(C)C.Cl. The van der Waals surface area contributed by atoms with Crippen molar-refractivity contribution in [1.82, 2.24) is 10.2 Å². The number of hydrogen-bond donors (Lipinski definition) is 2. The molecule has 2 N–H and O–H groups in total. The lowest BCUT2D eigenvalue weighted by atomic mass is 9.81. The number of alkyl halides is 6. The fraction of sp³-hybridized carbons (Fsp3) is 0.554. The van der Waals surface area contributed by atoms with Crippen molar-refractivity contribution >= 4 is 53.6 Å². The summed E-state index contributed by atoms with van der Waals surface area (Å²) in [5.41, 5.74) is 3.55. The van der Waals surface area contributed by atoms with Crippen molar-refractivity contribution in [2.75, 3.05) is 37.0 Å². The summed E-state index contributed by atoms with van der Waals surface area (Å²) in [5.74, 6) is -1.54. The van der Waals surface area contributed by atoms with Gasteiger partial charge in [-0.3, -0.25) is 24.1 Å². The topological polar surface area (TPSA) is 164 Å². The number of halogens is 7. The van der Waals surface area contributed by atoms with Crippen LogP contribution in [0.2, 0.25) is 0 Å². The van der Waals surface area contributed by atoms with Crippen LogP contribution in [0.5, 0.6) is 11.5 Å². The molecule has 4 aromatic carbocycles. The van der Waals surface area contributed by atoms with Gasteiger partial charge in [-0.05, 0) is 194 Å². The predicted molar refractivity (Wildman–Crippen MR) is 318 cm³/mol. The highest BCUT2D eigenvalue weighted by Gasteiger charge is 2.41. The molecule has 0 saturated heterocycles. The van der Waals surface area contributed by atoms with Gasteiger partial charge in [0.2, 0.25) is 5.91 Å². The summed E-state index contributed by atoms with van der Waals surface area (Å²) in [6.45, 7) is 14.7. The summed E-state index contributed by atoms with van der Waals surface area (Å²) in [6.07, 6.45) is -0.164. The number of ether oxygens (including phenoxy) is 4. The van der Waals surface area contributed by atoms with Crippen LogP contribution in [0.1, 0.15) is 186 Å². The molecule has 4 aromatic rings. The normalized spacial score (nSPS) is 16.4. The van der Waals surface area contributed by atoms with E-state index in [0.29, 0.717) is 71.1 Å². The number of carboxylic acids is 1. The first-order valence-electron chi connectivity index (χ1n) is 29.4. The Morgan fingerprint density at radius 1 is 0.616 bits per heavy atom. The highest BCUT2D eigenvalue weighted by Crippen LogP contribution is 2.44. The van der Waals surface area contributed by atoms with Crippen LogP contribution in [0.4, 0.5) is 42.5 Å². The first-order valence-corrected chi connectivity index (χ1v) is 29.4. The minimum Gasteiger partial charge on any atom is -0.489 e. The quantitative estimate of drug-likeness (QED) is 0.0810. The number of carboxylic acid groups (broad SMARTS) is 1. The van der Waals surface area contributed by atoms with Gasteiger partial charge in [-0.1, -0.05) is 62.8 Å². The maximum absolute atomic E-state index is 14.1. The van der Waals surface area contributed by atoms with E-state index in [1.165, 1.54) is 19.2 Å². The maximum atomic E-state index is 14.1. The summed E-state index contributed by atoms with van der Waals surface area (Å²) < 4.78 is 107. The molecule has 3 amide bonds. The number of amides is 3. The zero-order chi connectivity index (χ0) is 62.3. The zero-order valence-corrected chi connectivity index (χ0v) is 51.8. The molecule has 8 rings (SSSR count). The second-order valence-corrected chi connectivity index (χ2v) is 24.8. The van der Waals surface area contributed by atoms with Gasteiger partial charge in [0.25, 0.3) is 5.91 Å². The van der Waals surface area contributed by atoms with E-state index in [1.807, 2.05) is 13.8 Å². The van der Waals surface area contributed by atoms with E-state index in [1.54, 1.807) is 107 Å². The lowest BCUT2D eigenvalue weighted by Gasteiger charge is -2.32. The number of nitrogens with zero attached hydrogens (tertiary/aromatic N) is 3. The molecule has 0 radical (unpaired) electrons. The molecule has 2 aliphatic heterocycles. The van der Waals surface area contributed by atoms with Crippen LogP contribution in [-0.2, 0) is 67.1 Å². The molecule has 0 spiro atoms. The van der Waals surface area contributed by atoms with Gasteiger partial charge in [-0.2, -0.15) is 26.3 Å². The van der Waals surface area contributed by atoms with Crippen LogP contribution >= 0.6 is 12.4 Å². The molecule has 2 atom stereocenters. The summed E-state index contributed by atoms with van der Waals surface area (Å²) in [7, 11) is 2.97. The van der Waals surface area contributed by atoms with E-state index in [0.717, 1.165) is 91.4 Å². The molecule has 2 aliphatic carbocycles. The van der Waals surface area contributed by atoms with Gasteiger partial charge < -0.3 is 39.2 Å². The second-order valence-electron chi connectivity index (χ2n) is 24.8. The molecule has 0 unspecified atom stereocenters. The van der Waals surface area contributed by atoms with Crippen molar-refractivity contribution in [3.8, 4) is 11.5 Å². The molecule has 21 heteroatoms. The monoisotopic (exact) mass is 1230 g/mol. The van der Waals surface area contributed by atoms with E-state index in [4.69, 9.17) is 24.1 Å². The van der Waals surface area contributed by atoms with Crippen LogP contribution in [-0.4, -0.2) is 90.3 Å². The number of carbonyl (C=O) groups excluding carboxylic acids is 4.